The Balaban J connectivity index is 1.76. The fourth-order valence-electron chi connectivity index (χ4n) is 2.66. The number of nitro groups is 1. The van der Waals surface area contributed by atoms with Crippen molar-refractivity contribution in [3.63, 3.8) is 0 Å². The van der Waals surface area contributed by atoms with Gasteiger partial charge in [0.25, 0.3) is 5.69 Å². The lowest BCUT2D eigenvalue weighted by Crippen LogP contribution is -2.82. The summed E-state index contributed by atoms with van der Waals surface area (Å²) in [6.45, 7) is 0.764. The molecule has 0 aliphatic carbocycles. The molecule has 2 unspecified atom stereocenters. The summed E-state index contributed by atoms with van der Waals surface area (Å²) in [5, 5.41) is 12.8. The maximum Gasteiger partial charge on any atom is 0.269 e. The Morgan fingerprint density at radius 2 is 1.95 bits per heavy atom. The largest absolute Gasteiger partial charge is 0.496 e. The van der Waals surface area contributed by atoms with E-state index in [2.05, 4.69) is 5.32 Å². The molecule has 22 heavy (non-hydrogen) atoms. The molecule has 2 aromatic rings. The van der Waals surface area contributed by atoms with Gasteiger partial charge in [0.05, 0.1) is 17.6 Å². The van der Waals surface area contributed by atoms with Gasteiger partial charge in [0.2, 0.25) is 6.23 Å². The van der Waals surface area contributed by atoms with E-state index in [4.69, 9.17) is 9.47 Å². The Labute approximate surface area is 127 Å². The van der Waals surface area contributed by atoms with Crippen LogP contribution in [0.3, 0.4) is 0 Å². The monoisotopic (exact) mass is 301 g/mol. The van der Waals surface area contributed by atoms with Crippen molar-refractivity contribution < 1.29 is 19.7 Å². The molecule has 1 aliphatic rings. The average Bonchev–Trinajstić information content (AvgIpc) is 3.04. The molecule has 2 N–H and O–H groups in total. The first-order valence-corrected chi connectivity index (χ1v) is 7.05. The van der Waals surface area contributed by atoms with Crippen LogP contribution in [0.1, 0.15) is 23.5 Å². The van der Waals surface area contributed by atoms with E-state index in [0.29, 0.717) is 0 Å². The van der Waals surface area contributed by atoms with Crippen molar-refractivity contribution in [1.29, 1.82) is 0 Å². The van der Waals surface area contributed by atoms with Gasteiger partial charge in [0, 0.05) is 12.1 Å². The molecule has 0 aromatic heterocycles. The van der Waals surface area contributed by atoms with Crippen molar-refractivity contribution in [2.45, 2.75) is 12.3 Å². The Morgan fingerprint density at radius 1 is 1.23 bits per heavy atom. The van der Waals surface area contributed by atoms with Crippen LogP contribution >= 0.6 is 0 Å². The van der Waals surface area contributed by atoms with E-state index >= 15 is 0 Å². The van der Waals surface area contributed by atoms with E-state index < -0.39 is 4.92 Å². The summed E-state index contributed by atoms with van der Waals surface area (Å²) >= 11 is 0. The van der Waals surface area contributed by atoms with Crippen LogP contribution in [-0.4, -0.2) is 18.6 Å². The molecule has 0 bridgehead atoms. The van der Waals surface area contributed by atoms with Crippen molar-refractivity contribution in [1.82, 2.24) is 0 Å². The summed E-state index contributed by atoms with van der Waals surface area (Å²) in [5.41, 5.74) is 2.03. The van der Waals surface area contributed by atoms with Crippen molar-refractivity contribution in [2.75, 3.05) is 13.7 Å². The fourth-order valence-corrected chi connectivity index (χ4v) is 2.66. The van der Waals surface area contributed by atoms with Gasteiger partial charge in [0.15, 0.2) is 0 Å². The molecule has 0 saturated carbocycles. The van der Waals surface area contributed by atoms with Crippen LogP contribution < -0.4 is 10.1 Å². The number of hydrogen-bond donors (Lipinski definition) is 1. The Kier molecular flexibility index (Phi) is 4.04. The molecule has 1 aliphatic heterocycles. The lowest BCUT2D eigenvalue weighted by Gasteiger charge is -2.12. The lowest BCUT2D eigenvalue weighted by molar-refractivity contribution is -0.698. The zero-order chi connectivity index (χ0) is 15.5. The molecule has 6 nitrogen and oxygen atoms in total. The molecule has 1 saturated heterocycles. The minimum atomic E-state index is -0.400. The van der Waals surface area contributed by atoms with Crippen LogP contribution in [0.4, 0.5) is 5.69 Å². The van der Waals surface area contributed by atoms with Crippen LogP contribution in [0.15, 0.2) is 48.5 Å². The number of para-hydroxylation sites is 1. The van der Waals surface area contributed by atoms with E-state index in [-0.39, 0.29) is 18.0 Å². The molecule has 1 heterocycles. The lowest BCUT2D eigenvalue weighted by atomic mass is 10.1. The maximum atomic E-state index is 10.7. The predicted octanol–water partition coefficient (Wildman–Crippen LogP) is 1.94. The topological polar surface area (TPSA) is 78.2 Å². The summed E-state index contributed by atoms with van der Waals surface area (Å²) in [6, 6.07) is 14.3. The first-order chi connectivity index (χ1) is 10.7. The fraction of sp³-hybridized carbons (Fsp3) is 0.250. The Bertz CT molecular complexity index is 672. The Hall–Kier alpha value is -2.44. The molecule has 0 radical (unpaired) electrons. The van der Waals surface area contributed by atoms with Crippen LogP contribution in [0.2, 0.25) is 0 Å². The highest BCUT2D eigenvalue weighted by molar-refractivity contribution is 5.36. The van der Waals surface area contributed by atoms with Gasteiger partial charge in [0.1, 0.15) is 18.4 Å². The minimum Gasteiger partial charge on any atom is -0.496 e. The van der Waals surface area contributed by atoms with Crippen molar-refractivity contribution in [3.05, 3.63) is 69.8 Å². The first-order valence-electron chi connectivity index (χ1n) is 7.05. The highest BCUT2D eigenvalue weighted by atomic mass is 16.6. The second kappa shape index (κ2) is 6.13. The summed E-state index contributed by atoms with van der Waals surface area (Å²) in [7, 11) is 1.64. The van der Waals surface area contributed by atoms with E-state index in [9.17, 15) is 10.1 Å². The first kappa shape index (κ1) is 14.5. The molecule has 2 atom stereocenters. The predicted molar refractivity (Wildman–Crippen MR) is 79.4 cm³/mol. The van der Waals surface area contributed by atoms with Crippen molar-refractivity contribution >= 4 is 5.69 Å². The molecule has 6 heteroatoms. The summed E-state index contributed by atoms with van der Waals surface area (Å²) in [4.78, 5) is 10.3. The number of ether oxygens (including phenoxy) is 2. The van der Waals surface area contributed by atoms with Gasteiger partial charge in [-0.25, -0.2) is 0 Å². The zero-order valence-electron chi connectivity index (χ0n) is 12.1. The van der Waals surface area contributed by atoms with E-state index in [1.54, 1.807) is 19.2 Å². The molecular weight excluding hydrogens is 284 g/mol. The molecule has 2 aromatic carbocycles. The molecule has 1 fully saturated rings. The average molecular weight is 301 g/mol. The van der Waals surface area contributed by atoms with Gasteiger partial charge < -0.3 is 14.8 Å². The SMILES string of the molecule is COc1ccccc1C1[NH2+]CC(c2ccc([N+](=O)[O-])cc2)O1. The van der Waals surface area contributed by atoms with Gasteiger partial charge in [-0.15, -0.1) is 0 Å². The molecule has 0 spiro atoms. The van der Waals surface area contributed by atoms with Crippen LogP contribution in [-0.2, 0) is 4.74 Å². The summed E-state index contributed by atoms with van der Waals surface area (Å²) < 4.78 is 11.4. The Morgan fingerprint density at radius 3 is 2.64 bits per heavy atom. The normalized spacial score (nSPS) is 20.8. The smallest absolute Gasteiger partial charge is 0.269 e. The number of hydrogen-bond acceptors (Lipinski definition) is 4. The molecule has 3 rings (SSSR count). The third kappa shape index (κ3) is 2.79. The van der Waals surface area contributed by atoms with E-state index in [1.165, 1.54) is 12.1 Å². The van der Waals surface area contributed by atoms with Crippen molar-refractivity contribution in [2.24, 2.45) is 0 Å². The number of nitrogens with two attached hydrogens (primary N) is 1. The third-order valence-electron chi connectivity index (χ3n) is 3.80. The number of nitro benzene ring substituents is 1. The second-order valence-electron chi connectivity index (χ2n) is 5.11. The third-order valence-corrected chi connectivity index (χ3v) is 3.80. The van der Waals surface area contributed by atoms with Crippen LogP contribution in [0.25, 0.3) is 0 Å². The molecular formula is C16H17N2O4+. The standard InChI is InChI=1S/C16H16N2O4/c1-21-14-5-3-2-4-13(14)16-17-10-15(22-16)11-6-8-12(9-7-11)18(19)20/h2-9,15-17H,10H2,1H3/p+1. The number of nitrogens with zero attached hydrogens (tertiary/aromatic N) is 1. The minimum absolute atomic E-state index is 0.0873. The highest BCUT2D eigenvalue weighted by Crippen LogP contribution is 2.31. The summed E-state index contributed by atoms with van der Waals surface area (Å²) in [6.07, 6.45) is -0.216. The quantitative estimate of drug-likeness (QED) is 0.691. The number of non-ortho nitro benzene ring substituents is 1. The molecule has 0 amide bonds. The number of rotatable bonds is 4. The van der Waals surface area contributed by atoms with Crippen molar-refractivity contribution in [3.8, 4) is 5.75 Å². The number of quaternary nitrogens is 1. The highest BCUT2D eigenvalue weighted by Gasteiger charge is 2.32. The van der Waals surface area contributed by atoms with E-state index in [0.717, 1.165) is 23.4 Å². The van der Waals surface area contributed by atoms with Gasteiger partial charge in [-0.2, -0.15) is 0 Å². The van der Waals surface area contributed by atoms with Crippen LogP contribution in [0.5, 0.6) is 5.75 Å². The maximum absolute atomic E-state index is 10.7. The number of benzene rings is 2. The van der Waals surface area contributed by atoms with Gasteiger partial charge in [-0.1, -0.05) is 12.1 Å². The van der Waals surface area contributed by atoms with Gasteiger partial charge in [-0.3, -0.25) is 10.1 Å². The number of methoxy groups -OCH3 is 1. The van der Waals surface area contributed by atoms with Gasteiger partial charge in [-0.05, 0) is 29.8 Å². The van der Waals surface area contributed by atoms with E-state index in [1.807, 2.05) is 24.3 Å². The second-order valence-corrected chi connectivity index (χ2v) is 5.11. The summed E-state index contributed by atoms with van der Waals surface area (Å²) in [5.74, 6) is 0.799. The van der Waals surface area contributed by atoms with Crippen LogP contribution in [0, 0.1) is 10.1 Å². The van der Waals surface area contributed by atoms with Gasteiger partial charge >= 0.3 is 0 Å². The molecule has 114 valence electrons. The zero-order valence-corrected chi connectivity index (χ0v) is 12.1.